The number of methoxy groups -OCH3 is 1. The van der Waals surface area contributed by atoms with Crippen LogP contribution in [0.25, 0.3) is 0 Å². The zero-order valence-electron chi connectivity index (χ0n) is 13.8. The smallest absolute Gasteiger partial charge is 0.223 e. The molecule has 0 bridgehead atoms. The molecule has 2 aromatic rings. The zero-order chi connectivity index (χ0) is 16.8. The molecule has 0 aliphatic carbocycles. The Balaban J connectivity index is 1.46. The van der Waals surface area contributed by atoms with Crippen LogP contribution in [-0.2, 0) is 22.7 Å². The fourth-order valence-corrected chi connectivity index (χ4v) is 3.55. The van der Waals surface area contributed by atoms with Crippen LogP contribution in [0.4, 0.5) is 5.13 Å². The Labute approximate surface area is 146 Å². The van der Waals surface area contributed by atoms with Crippen molar-refractivity contribution in [2.75, 3.05) is 25.1 Å². The number of aromatic nitrogens is 2. The molecule has 1 saturated heterocycles. The molecule has 7 heteroatoms. The summed E-state index contributed by atoms with van der Waals surface area (Å²) in [6.07, 6.45) is 1.69. The van der Waals surface area contributed by atoms with E-state index in [1.54, 1.807) is 7.11 Å². The molecule has 0 spiro atoms. The molecule has 1 aromatic heterocycles. The highest BCUT2D eigenvalue weighted by atomic mass is 32.1. The number of carbonyl (C=O) groups excluding carboxylic acids is 1. The van der Waals surface area contributed by atoms with Gasteiger partial charge in [-0.1, -0.05) is 30.3 Å². The third-order valence-electron chi connectivity index (χ3n) is 4.18. The number of carbonyl (C=O) groups is 1. The van der Waals surface area contributed by atoms with E-state index in [-0.39, 0.29) is 11.8 Å². The number of hydrogen-bond acceptors (Lipinski definition) is 6. The highest BCUT2D eigenvalue weighted by Gasteiger charge is 2.26. The summed E-state index contributed by atoms with van der Waals surface area (Å²) < 4.78 is 9.33. The quantitative estimate of drug-likeness (QED) is 0.869. The van der Waals surface area contributed by atoms with Crippen molar-refractivity contribution >= 4 is 22.6 Å². The summed E-state index contributed by atoms with van der Waals surface area (Å²) in [6.45, 7) is 2.71. The Kier molecular flexibility index (Phi) is 5.77. The number of anilines is 1. The van der Waals surface area contributed by atoms with E-state index in [4.69, 9.17) is 4.74 Å². The van der Waals surface area contributed by atoms with Gasteiger partial charge in [-0.2, -0.15) is 4.37 Å². The van der Waals surface area contributed by atoms with E-state index >= 15 is 0 Å². The third-order valence-corrected chi connectivity index (χ3v) is 4.99. The van der Waals surface area contributed by atoms with Crippen LogP contribution < -0.4 is 10.2 Å². The first-order chi connectivity index (χ1) is 11.8. The minimum absolute atomic E-state index is 0.0799. The Morgan fingerprint density at radius 3 is 2.79 bits per heavy atom. The summed E-state index contributed by atoms with van der Waals surface area (Å²) in [6, 6.07) is 10.00. The maximum Gasteiger partial charge on any atom is 0.223 e. The molecule has 0 unspecified atom stereocenters. The van der Waals surface area contributed by atoms with Gasteiger partial charge in [0.25, 0.3) is 0 Å². The monoisotopic (exact) mass is 346 g/mol. The average Bonchev–Trinajstić information content (AvgIpc) is 3.10. The first-order valence-corrected chi connectivity index (χ1v) is 8.91. The van der Waals surface area contributed by atoms with Gasteiger partial charge in [0.2, 0.25) is 11.0 Å². The first kappa shape index (κ1) is 16.9. The van der Waals surface area contributed by atoms with Crippen LogP contribution in [0.15, 0.2) is 30.3 Å². The third kappa shape index (κ3) is 4.30. The standard InChI is InChI=1S/C17H22N4O2S/c1-23-12-15-19-17(24-20-15)21-9-7-14(8-10-21)16(22)18-11-13-5-3-2-4-6-13/h2-6,14H,7-12H2,1H3,(H,18,22). The molecule has 128 valence electrons. The van der Waals surface area contributed by atoms with Crippen LogP contribution in [0.3, 0.4) is 0 Å². The second-order valence-corrected chi connectivity index (χ2v) is 6.62. The predicted octanol–water partition coefficient (Wildman–Crippen LogP) is 2.22. The number of nitrogens with one attached hydrogen (secondary N) is 1. The number of hydrogen-bond donors (Lipinski definition) is 1. The molecule has 1 aromatic carbocycles. The number of nitrogens with zero attached hydrogens (tertiary/aromatic N) is 3. The van der Waals surface area contributed by atoms with Gasteiger partial charge in [-0.15, -0.1) is 0 Å². The maximum atomic E-state index is 12.3. The van der Waals surface area contributed by atoms with E-state index in [9.17, 15) is 4.79 Å². The maximum absolute atomic E-state index is 12.3. The van der Waals surface area contributed by atoms with Crippen LogP contribution >= 0.6 is 11.5 Å². The summed E-state index contributed by atoms with van der Waals surface area (Å²) in [5.74, 6) is 0.951. The Hall–Kier alpha value is -1.99. The molecule has 0 atom stereocenters. The Morgan fingerprint density at radius 2 is 2.08 bits per heavy atom. The zero-order valence-corrected chi connectivity index (χ0v) is 14.6. The van der Waals surface area contributed by atoms with Crippen molar-refractivity contribution in [3.63, 3.8) is 0 Å². The van der Waals surface area contributed by atoms with Crippen LogP contribution in [0.5, 0.6) is 0 Å². The van der Waals surface area contributed by atoms with Gasteiger partial charge in [0.15, 0.2) is 5.82 Å². The molecule has 0 saturated carbocycles. The van der Waals surface area contributed by atoms with Crippen molar-refractivity contribution in [1.82, 2.24) is 14.7 Å². The summed E-state index contributed by atoms with van der Waals surface area (Å²) in [5, 5.41) is 3.97. The van der Waals surface area contributed by atoms with Gasteiger partial charge in [0, 0.05) is 44.2 Å². The largest absolute Gasteiger partial charge is 0.377 e. The van der Waals surface area contributed by atoms with Crippen molar-refractivity contribution < 1.29 is 9.53 Å². The lowest BCUT2D eigenvalue weighted by atomic mass is 9.96. The SMILES string of the molecule is COCc1nsc(N2CCC(C(=O)NCc3ccccc3)CC2)n1. The first-order valence-electron chi connectivity index (χ1n) is 8.14. The number of piperidine rings is 1. The molecule has 1 aliphatic heterocycles. The molecule has 2 heterocycles. The fraction of sp³-hybridized carbons (Fsp3) is 0.471. The van der Waals surface area contributed by atoms with Gasteiger partial charge in [-0.3, -0.25) is 4.79 Å². The van der Waals surface area contributed by atoms with Gasteiger partial charge >= 0.3 is 0 Å². The molecule has 1 aliphatic rings. The highest BCUT2D eigenvalue weighted by Crippen LogP contribution is 2.25. The van der Waals surface area contributed by atoms with E-state index in [1.807, 2.05) is 30.3 Å². The summed E-state index contributed by atoms with van der Waals surface area (Å²) >= 11 is 1.40. The number of benzene rings is 1. The van der Waals surface area contributed by atoms with Crippen molar-refractivity contribution in [3.05, 3.63) is 41.7 Å². The van der Waals surface area contributed by atoms with Crippen LogP contribution in [0, 0.1) is 5.92 Å². The van der Waals surface area contributed by atoms with Gasteiger partial charge in [-0.25, -0.2) is 4.98 Å². The van der Waals surface area contributed by atoms with Gasteiger partial charge in [-0.05, 0) is 18.4 Å². The van der Waals surface area contributed by atoms with Gasteiger partial charge < -0.3 is 15.0 Å². The van der Waals surface area contributed by atoms with Crippen molar-refractivity contribution in [3.8, 4) is 0 Å². The van der Waals surface area contributed by atoms with Crippen molar-refractivity contribution in [1.29, 1.82) is 0 Å². The fourth-order valence-electron chi connectivity index (χ4n) is 2.82. The molecule has 24 heavy (non-hydrogen) atoms. The van der Waals surface area contributed by atoms with Crippen LogP contribution in [-0.4, -0.2) is 35.5 Å². The summed E-state index contributed by atoms with van der Waals surface area (Å²) in [7, 11) is 1.64. The van der Waals surface area contributed by atoms with E-state index in [2.05, 4.69) is 19.6 Å². The summed E-state index contributed by atoms with van der Waals surface area (Å²) in [5.41, 5.74) is 1.13. The Morgan fingerprint density at radius 1 is 1.33 bits per heavy atom. The van der Waals surface area contributed by atoms with E-state index < -0.39 is 0 Å². The highest BCUT2D eigenvalue weighted by molar-refractivity contribution is 7.09. The van der Waals surface area contributed by atoms with E-state index in [1.165, 1.54) is 11.5 Å². The molecule has 1 N–H and O–H groups in total. The lowest BCUT2D eigenvalue weighted by molar-refractivity contribution is -0.125. The second kappa shape index (κ2) is 8.21. The normalized spacial score (nSPS) is 15.5. The second-order valence-electron chi connectivity index (χ2n) is 5.89. The molecular weight excluding hydrogens is 324 g/mol. The Bertz CT molecular complexity index is 654. The topological polar surface area (TPSA) is 67.3 Å². The molecule has 3 rings (SSSR count). The van der Waals surface area contributed by atoms with E-state index in [0.29, 0.717) is 13.2 Å². The predicted molar refractivity (Wildman–Crippen MR) is 93.8 cm³/mol. The molecule has 1 fully saturated rings. The molecular formula is C17H22N4O2S. The van der Waals surface area contributed by atoms with Crippen LogP contribution in [0.2, 0.25) is 0 Å². The molecule has 1 amide bonds. The number of ether oxygens (including phenoxy) is 1. The van der Waals surface area contributed by atoms with Crippen LogP contribution in [0.1, 0.15) is 24.2 Å². The number of amides is 1. The van der Waals surface area contributed by atoms with Gasteiger partial charge in [0.1, 0.15) is 6.61 Å². The van der Waals surface area contributed by atoms with Gasteiger partial charge in [0.05, 0.1) is 0 Å². The lowest BCUT2D eigenvalue weighted by Crippen LogP contribution is -2.40. The summed E-state index contributed by atoms with van der Waals surface area (Å²) in [4.78, 5) is 19.0. The minimum atomic E-state index is 0.0799. The average molecular weight is 346 g/mol. The molecule has 0 radical (unpaired) electrons. The van der Waals surface area contributed by atoms with E-state index in [0.717, 1.165) is 42.5 Å². The molecule has 6 nitrogen and oxygen atoms in total. The van der Waals surface area contributed by atoms with Crippen molar-refractivity contribution in [2.45, 2.75) is 26.0 Å². The number of rotatable bonds is 6. The van der Waals surface area contributed by atoms with Crippen molar-refractivity contribution in [2.24, 2.45) is 5.92 Å². The minimum Gasteiger partial charge on any atom is -0.377 e. The lowest BCUT2D eigenvalue weighted by Gasteiger charge is -2.30.